The van der Waals surface area contributed by atoms with E-state index in [0.717, 1.165) is 55.8 Å². The molecule has 64 heavy (non-hydrogen) atoms. The topological polar surface area (TPSA) is 21.3 Å². The zero-order valence-electron chi connectivity index (χ0n) is 34.7. The van der Waals surface area contributed by atoms with E-state index < -0.39 is 0 Å². The molecule has 0 saturated carbocycles. The van der Waals surface area contributed by atoms with Crippen molar-refractivity contribution < 1.29 is 4.42 Å². The first-order valence-electron chi connectivity index (χ1n) is 21.7. The molecule has 0 radical (unpaired) electrons. The molecule has 4 heteroatoms. The minimum Gasteiger partial charge on any atom is -0.455 e. The Morgan fingerprint density at radius 1 is 0.359 bits per heavy atom. The van der Waals surface area contributed by atoms with Gasteiger partial charge in [-0.05, 0) is 83.4 Å². The van der Waals surface area contributed by atoms with Gasteiger partial charge in [-0.1, -0.05) is 164 Å². The van der Waals surface area contributed by atoms with E-state index in [9.17, 15) is 0 Å². The van der Waals surface area contributed by atoms with E-state index in [0.29, 0.717) is 0 Å². The predicted octanol–water partition coefficient (Wildman–Crippen LogP) is 17.5. The van der Waals surface area contributed by atoms with E-state index in [4.69, 9.17) is 4.42 Å². The number of benzene rings is 10. The summed E-state index contributed by atoms with van der Waals surface area (Å²) >= 11 is 1.87. The zero-order chi connectivity index (χ0) is 42.1. The third-order valence-electron chi connectivity index (χ3n) is 12.8. The maximum atomic E-state index is 6.59. The molecule has 0 fully saturated rings. The standard InChI is InChI=1S/C60H38N2OS/c1-2-16-39(17-3-1)40-32-34-42(35-33-40)61(43-19-14-18-41(36-43)45-25-15-26-51-49-23-7-12-30-57(49)63-59(45)51)44-37-52(60-53(38-44)50-24-8-13-31-58(50)64-60)48-22-6-11-29-56(48)62-54-27-9-4-20-46(54)47-21-5-10-28-55(47)62/h1-38H. The molecule has 13 rings (SSSR count). The molecule has 0 aliphatic carbocycles. The first-order valence-corrected chi connectivity index (χ1v) is 22.6. The Bertz CT molecular complexity index is 3860. The van der Waals surface area contributed by atoms with Gasteiger partial charge < -0.3 is 13.9 Å². The summed E-state index contributed by atoms with van der Waals surface area (Å²) in [5.74, 6) is 0. The molecule has 0 saturated heterocycles. The van der Waals surface area contributed by atoms with Crippen molar-refractivity contribution in [3.63, 3.8) is 0 Å². The van der Waals surface area contributed by atoms with Crippen molar-refractivity contribution in [3.8, 4) is 39.1 Å². The average Bonchev–Trinajstić information content (AvgIpc) is 4.04. The Kier molecular flexibility index (Phi) is 8.40. The van der Waals surface area contributed by atoms with Crippen LogP contribution in [0.1, 0.15) is 0 Å². The maximum Gasteiger partial charge on any atom is 0.143 e. The van der Waals surface area contributed by atoms with Gasteiger partial charge in [-0.3, -0.25) is 0 Å². The molecule has 10 aromatic carbocycles. The van der Waals surface area contributed by atoms with Crippen LogP contribution in [0.5, 0.6) is 0 Å². The Morgan fingerprint density at radius 3 is 1.78 bits per heavy atom. The third-order valence-corrected chi connectivity index (χ3v) is 14.0. The van der Waals surface area contributed by atoms with Crippen LogP contribution >= 0.6 is 11.3 Å². The Hall–Kier alpha value is -8.18. The molecule has 0 spiro atoms. The molecule has 0 amide bonds. The van der Waals surface area contributed by atoms with Gasteiger partial charge in [0.1, 0.15) is 11.2 Å². The average molecular weight is 835 g/mol. The lowest BCUT2D eigenvalue weighted by molar-refractivity contribution is 0.670. The lowest BCUT2D eigenvalue weighted by atomic mass is 9.98. The van der Waals surface area contributed by atoms with E-state index >= 15 is 0 Å². The van der Waals surface area contributed by atoms with Crippen LogP contribution in [0, 0.1) is 0 Å². The van der Waals surface area contributed by atoms with Gasteiger partial charge in [0.25, 0.3) is 0 Å². The summed E-state index contributed by atoms with van der Waals surface area (Å²) in [4.78, 5) is 2.43. The number of fused-ring (bicyclic) bond motifs is 9. The molecule has 0 bridgehead atoms. The van der Waals surface area contributed by atoms with Crippen molar-refractivity contribution in [2.24, 2.45) is 0 Å². The number of hydrogen-bond donors (Lipinski definition) is 0. The largest absolute Gasteiger partial charge is 0.455 e. The molecule has 0 unspecified atom stereocenters. The lowest BCUT2D eigenvalue weighted by Gasteiger charge is -2.27. The van der Waals surface area contributed by atoms with Crippen molar-refractivity contribution >= 4 is 92.3 Å². The Labute approximate surface area is 373 Å². The Morgan fingerprint density at radius 2 is 0.969 bits per heavy atom. The van der Waals surface area contributed by atoms with Crippen molar-refractivity contribution in [3.05, 3.63) is 231 Å². The van der Waals surface area contributed by atoms with Crippen LogP contribution in [0.3, 0.4) is 0 Å². The minimum absolute atomic E-state index is 0.895. The first kappa shape index (κ1) is 36.5. The van der Waals surface area contributed by atoms with Gasteiger partial charge >= 0.3 is 0 Å². The number of anilines is 3. The number of aromatic nitrogens is 1. The van der Waals surface area contributed by atoms with Crippen LogP contribution in [0.25, 0.3) is 103 Å². The SMILES string of the molecule is c1ccc(-c2ccc(N(c3cccc(-c4cccc5c4oc4ccccc45)c3)c3cc(-c4ccccc4-n4c5ccccc5c5ccccc54)c4sc5ccccc5c4c3)cc2)cc1. The van der Waals surface area contributed by atoms with E-state index in [1.165, 1.54) is 64.2 Å². The maximum absolute atomic E-state index is 6.59. The minimum atomic E-state index is 0.895. The van der Waals surface area contributed by atoms with Gasteiger partial charge in [0.2, 0.25) is 0 Å². The third kappa shape index (κ3) is 5.81. The summed E-state index contributed by atoms with van der Waals surface area (Å²) in [6.07, 6.45) is 0. The summed E-state index contributed by atoms with van der Waals surface area (Å²) < 4.78 is 11.6. The van der Waals surface area contributed by atoms with Gasteiger partial charge in [0.05, 0.1) is 16.7 Å². The molecule has 300 valence electrons. The number of rotatable bonds is 7. The highest BCUT2D eigenvalue weighted by Gasteiger charge is 2.23. The second kappa shape index (κ2) is 14.7. The lowest BCUT2D eigenvalue weighted by Crippen LogP contribution is -2.10. The summed E-state index contributed by atoms with van der Waals surface area (Å²) in [6.45, 7) is 0. The number of para-hydroxylation sites is 5. The quantitative estimate of drug-likeness (QED) is 0.159. The highest BCUT2D eigenvalue weighted by Crippen LogP contribution is 2.48. The predicted molar refractivity (Wildman–Crippen MR) is 272 cm³/mol. The van der Waals surface area contributed by atoms with Gasteiger partial charge in [0.15, 0.2) is 0 Å². The van der Waals surface area contributed by atoms with Crippen LogP contribution < -0.4 is 4.90 Å². The molecule has 13 aromatic rings. The zero-order valence-corrected chi connectivity index (χ0v) is 35.5. The van der Waals surface area contributed by atoms with E-state index in [1.807, 2.05) is 17.4 Å². The van der Waals surface area contributed by atoms with Crippen molar-refractivity contribution in [1.82, 2.24) is 4.57 Å². The van der Waals surface area contributed by atoms with Crippen LogP contribution in [0.4, 0.5) is 17.1 Å². The summed E-state index contributed by atoms with van der Waals surface area (Å²) in [5.41, 5.74) is 15.4. The normalized spacial score (nSPS) is 11.8. The molecular weight excluding hydrogens is 797 g/mol. The molecule has 0 N–H and O–H groups in total. The molecule has 3 nitrogen and oxygen atoms in total. The fourth-order valence-electron chi connectivity index (χ4n) is 9.89. The molecule has 0 aliphatic rings. The van der Waals surface area contributed by atoms with E-state index in [-0.39, 0.29) is 0 Å². The van der Waals surface area contributed by atoms with Crippen molar-refractivity contribution in [1.29, 1.82) is 0 Å². The number of thiophene rings is 1. The molecule has 0 aliphatic heterocycles. The van der Waals surface area contributed by atoms with Crippen LogP contribution in [0.2, 0.25) is 0 Å². The second-order valence-corrected chi connectivity index (χ2v) is 17.5. The van der Waals surface area contributed by atoms with Gasteiger partial charge in [-0.25, -0.2) is 0 Å². The number of furan rings is 1. The molecule has 3 heterocycles. The van der Waals surface area contributed by atoms with Gasteiger partial charge in [0, 0.05) is 75.5 Å². The van der Waals surface area contributed by atoms with Crippen molar-refractivity contribution in [2.45, 2.75) is 0 Å². The second-order valence-electron chi connectivity index (χ2n) is 16.4. The smallest absolute Gasteiger partial charge is 0.143 e. The molecule has 3 aromatic heterocycles. The highest BCUT2D eigenvalue weighted by atomic mass is 32.1. The summed E-state index contributed by atoms with van der Waals surface area (Å²) in [5, 5.41) is 7.23. The van der Waals surface area contributed by atoms with Crippen LogP contribution in [0.15, 0.2) is 235 Å². The fourth-order valence-corrected chi connectivity index (χ4v) is 11.1. The molecular formula is C60H38N2OS. The van der Waals surface area contributed by atoms with Crippen LogP contribution in [-0.4, -0.2) is 4.57 Å². The van der Waals surface area contributed by atoms with Gasteiger partial charge in [-0.2, -0.15) is 0 Å². The molecule has 0 atom stereocenters. The Balaban J connectivity index is 1.07. The number of hydrogen-bond acceptors (Lipinski definition) is 3. The van der Waals surface area contributed by atoms with Crippen molar-refractivity contribution in [2.75, 3.05) is 4.90 Å². The van der Waals surface area contributed by atoms with Gasteiger partial charge in [-0.15, -0.1) is 11.3 Å². The van der Waals surface area contributed by atoms with Crippen LogP contribution in [-0.2, 0) is 0 Å². The van der Waals surface area contributed by atoms with E-state index in [1.54, 1.807) is 0 Å². The number of nitrogens with zero attached hydrogens (tertiary/aromatic N) is 2. The first-order chi connectivity index (χ1) is 31.7. The summed E-state index contributed by atoms with van der Waals surface area (Å²) in [6, 6.07) is 83.5. The monoisotopic (exact) mass is 834 g/mol. The fraction of sp³-hybridized carbons (Fsp3) is 0. The highest BCUT2D eigenvalue weighted by molar-refractivity contribution is 7.26. The summed E-state index contributed by atoms with van der Waals surface area (Å²) in [7, 11) is 0. The van der Waals surface area contributed by atoms with E-state index in [2.05, 4.69) is 234 Å².